The Balaban J connectivity index is 1.70. The van der Waals surface area contributed by atoms with Gasteiger partial charge in [0.2, 0.25) is 15.8 Å². The summed E-state index contributed by atoms with van der Waals surface area (Å²) in [7, 11) is -3.63. The summed E-state index contributed by atoms with van der Waals surface area (Å²) in [4.78, 5) is 25.0. The lowest BCUT2D eigenvalue weighted by molar-refractivity contribution is 0.0474. The number of aryl methyl sites for hydroxylation is 1. The molecule has 0 radical (unpaired) electrons. The Labute approximate surface area is 177 Å². The molecule has 0 atom stereocenters. The fraction of sp³-hybridized carbons (Fsp3) is 0.364. The maximum absolute atomic E-state index is 12.7. The molecule has 8 heteroatoms. The van der Waals surface area contributed by atoms with E-state index >= 15 is 0 Å². The zero-order valence-corrected chi connectivity index (χ0v) is 18.1. The molecule has 160 valence electrons. The van der Waals surface area contributed by atoms with Crippen molar-refractivity contribution < 1.29 is 22.7 Å². The van der Waals surface area contributed by atoms with E-state index in [1.54, 1.807) is 12.1 Å². The molecule has 0 spiro atoms. The Hall–Kier alpha value is -2.71. The minimum atomic E-state index is -3.63. The van der Waals surface area contributed by atoms with Gasteiger partial charge in [-0.3, -0.25) is 4.79 Å². The first-order valence-electron chi connectivity index (χ1n) is 9.84. The second-order valence-electron chi connectivity index (χ2n) is 7.32. The minimum absolute atomic E-state index is 0.0538. The third-order valence-corrected chi connectivity index (χ3v) is 7.19. The Morgan fingerprint density at radius 1 is 1.17 bits per heavy atom. The van der Waals surface area contributed by atoms with E-state index in [0.717, 1.165) is 24.2 Å². The first kappa shape index (κ1) is 22.0. The molecule has 30 heavy (non-hydrogen) atoms. The highest BCUT2D eigenvalue weighted by molar-refractivity contribution is 7.89. The second kappa shape index (κ2) is 8.97. The predicted molar refractivity (Wildman–Crippen MR) is 113 cm³/mol. The number of rotatable bonds is 8. The van der Waals surface area contributed by atoms with Crippen LogP contribution in [0.25, 0.3) is 0 Å². The van der Waals surface area contributed by atoms with Gasteiger partial charge in [0.1, 0.15) is 0 Å². The summed E-state index contributed by atoms with van der Waals surface area (Å²) in [6.45, 7) is 8.57. The van der Waals surface area contributed by atoms with Gasteiger partial charge in [0.05, 0.1) is 10.5 Å². The third kappa shape index (κ3) is 4.39. The quantitative estimate of drug-likeness (QED) is 0.365. The van der Waals surface area contributed by atoms with Crippen molar-refractivity contribution in [1.82, 2.24) is 8.87 Å². The van der Waals surface area contributed by atoms with Gasteiger partial charge >= 0.3 is 5.97 Å². The van der Waals surface area contributed by atoms with Crippen LogP contribution in [0.4, 0.5) is 0 Å². The lowest BCUT2D eigenvalue weighted by atomic mass is 10.1. The van der Waals surface area contributed by atoms with E-state index in [1.807, 2.05) is 18.4 Å². The fourth-order valence-electron chi connectivity index (χ4n) is 3.65. The summed E-state index contributed by atoms with van der Waals surface area (Å²) in [5.41, 5.74) is 2.29. The Bertz CT molecular complexity index is 1080. The molecule has 3 rings (SSSR count). The van der Waals surface area contributed by atoms with Crippen LogP contribution in [-0.2, 0) is 21.3 Å². The molecule has 1 aromatic carbocycles. The first-order valence-corrected chi connectivity index (χ1v) is 11.3. The molecule has 1 aliphatic rings. The molecular formula is C22H26N2O5S. The van der Waals surface area contributed by atoms with Crippen LogP contribution in [0.1, 0.15) is 44.9 Å². The number of carbonyl (C=O) groups excluding carboxylic acids is 2. The van der Waals surface area contributed by atoms with Gasteiger partial charge in [0, 0.05) is 36.6 Å². The largest absolute Gasteiger partial charge is 0.454 e. The highest BCUT2D eigenvalue weighted by atomic mass is 32.2. The van der Waals surface area contributed by atoms with E-state index in [0.29, 0.717) is 25.2 Å². The molecule has 0 aliphatic carbocycles. The number of hydrogen-bond acceptors (Lipinski definition) is 5. The number of hydrogen-bond donors (Lipinski definition) is 0. The zero-order chi connectivity index (χ0) is 21.9. The van der Waals surface area contributed by atoms with Crippen LogP contribution in [-0.4, -0.2) is 48.7 Å². The van der Waals surface area contributed by atoms with Gasteiger partial charge in [0.15, 0.2) is 6.61 Å². The lowest BCUT2D eigenvalue weighted by Crippen LogP contribution is -2.28. The van der Waals surface area contributed by atoms with Crippen LogP contribution in [0, 0.1) is 13.8 Å². The molecule has 0 bridgehead atoms. The molecule has 1 fully saturated rings. The molecule has 1 aromatic heterocycles. The number of Topliss-reactive ketones (excluding diaryl/α,β-unsaturated/α-hetero) is 1. The number of aromatic nitrogens is 1. The van der Waals surface area contributed by atoms with Crippen molar-refractivity contribution in [2.45, 2.75) is 38.1 Å². The van der Waals surface area contributed by atoms with Gasteiger partial charge < -0.3 is 9.30 Å². The topological polar surface area (TPSA) is 85.7 Å². The molecule has 0 saturated carbocycles. The van der Waals surface area contributed by atoms with E-state index in [-0.39, 0.29) is 16.2 Å². The van der Waals surface area contributed by atoms with Gasteiger partial charge in [-0.05, 0) is 51.0 Å². The van der Waals surface area contributed by atoms with Gasteiger partial charge in [-0.15, -0.1) is 6.58 Å². The van der Waals surface area contributed by atoms with Crippen LogP contribution in [0.15, 0.2) is 47.9 Å². The van der Waals surface area contributed by atoms with E-state index in [9.17, 15) is 18.0 Å². The van der Waals surface area contributed by atoms with Crippen molar-refractivity contribution in [3.05, 3.63) is 65.5 Å². The summed E-state index contributed by atoms with van der Waals surface area (Å²) in [5, 5.41) is 0. The molecule has 1 saturated heterocycles. The van der Waals surface area contributed by atoms with E-state index in [1.165, 1.54) is 28.6 Å². The van der Waals surface area contributed by atoms with Crippen LogP contribution >= 0.6 is 0 Å². The zero-order valence-electron chi connectivity index (χ0n) is 17.3. The summed E-state index contributed by atoms with van der Waals surface area (Å²) in [5.74, 6) is -1.05. The highest BCUT2D eigenvalue weighted by Gasteiger charge is 2.28. The lowest BCUT2D eigenvalue weighted by Gasteiger charge is -2.15. The van der Waals surface area contributed by atoms with Crippen molar-refractivity contribution in [2.24, 2.45) is 0 Å². The van der Waals surface area contributed by atoms with E-state index in [4.69, 9.17) is 4.74 Å². The van der Waals surface area contributed by atoms with E-state index in [2.05, 4.69) is 6.58 Å². The van der Waals surface area contributed by atoms with Crippen LogP contribution in [0.5, 0.6) is 0 Å². The van der Waals surface area contributed by atoms with Crippen LogP contribution in [0.3, 0.4) is 0 Å². The summed E-state index contributed by atoms with van der Waals surface area (Å²) >= 11 is 0. The molecule has 7 nitrogen and oxygen atoms in total. The Morgan fingerprint density at radius 2 is 1.87 bits per heavy atom. The number of benzene rings is 1. The molecule has 2 aromatic rings. The molecule has 0 unspecified atom stereocenters. The molecule has 1 aliphatic heterocycles. The third-order valence-electron chi connectivity index (χ3n) is 5.29. The summed E-state index contributed by atoms with van der Waals surface area (Å²) in [6.07, 6.45) is 3.41. The van der Waals surface area contributed by atoms with Crippen LogP contribution < -0.4 is 0 Å². The SMILES string of the molecule is C=CCn1c(C)cc(C(=O)COC(=O)c2cccc(S(=O)(=O)N3CCCC3)c2)c1C. The van der Waals surface area contributed by atoms with Crippen molar-refractivity contribution in [3.63, 3.8) is 0 Å². The van der Waals surface area contributed by atoms with Crippen molar-refractivity contribution in [1.29, 1.82) is 0 Å². The normalized spacial score (nSPS) is 14.6. The monoisotopic (exact) mass is 430 g/mol. The average molecular weight is 431 g/mol. The van der Waals surface area contributed by atoms with Gasteiger partial charge in [0.25, 0.3) is 0 Å². The molecule has 2 heterocycles. The van der Waals surface area contributed by atoms with Gasteiger partial charge in [-0.25, -0.2) is 13.2 Å². The van der Waals surface area contributed by atoms with Crippen molar-refractivity contribution in [3.8, 4) is 0 Å². The number of ketones is 1. The average Bonchev–Trinajstić information content (AvgIpc) is 3.37. The highest BCUT2D eigenvalue weighted by Crippen LogP contribution is 2.22. The minimum Gasteiger partial charge on any atom is -0.454 e. The Kier molecular flexibility index (Phi) is 6.58. The number of sulfonamides is 1. The molecular weight excluding hydrogens is 404 g/mol. The van der Waals surface area contributed by atoms with Crippen LogP contribution in [0.2, 0.25) is 0 Å². The summed E-state index contributed by atoms with van der Waals surface area (Å²) in [6, 6.07) is 7.51. The van der Waals surface area contributed by atoms with Gasteiger partial charge in [-0.1, -0.05) is 12.1 Å². The maximum atomic E-state index is 12.7. The Morgan fingerprint density at radius 3 is 2.53 bits per heavy atom. The smallest absolute Gasteiger partial charge is 0.338 e. The predicted octanol–water partition coefficient (Wildman–Crippen LogP) is 3.12. The first-order chi connectivity index (χ1) is 14.3. The second-order valence-corrected chi connectivity index (χ2v) is 9.26. The van der Waals surface area contributed by atoms with Crippen molar-refractivity contribution >= 4 is 21.8 Å². The maximum Gasteiger partial charge on any atom is 0.338 e. The number of nitrogens with zero attached hydrogens (tertiary/aromatic N) is 2. The van der Waals surface area contributed by atoms with E-state index < -0.39 is 22.6 Å². The fourth-order valence-corrected chi connectivity index (χ4v) is 5.21. The molecule has 0 amide bonds. The van der Waals surface area contributed by atoms with Gasteiger partial charge in [-0.2, -0.15) is 4.31 Å². The number of ether oxygens (including phenoxy) is 1. The standard InChI is InChI=1S/C22H26N2O5S/c1-4-10-24-16(2)13-20(17(24)3)21(25)15-29-22(26)18-8-7-9-19(14-18)30(27,28)23-11-5-6-12-23/h4,7-9,13-14H,1,5-6,10-12,15H2,2-3H3. The number of allylic oxidation sites excluding steroid dienone is 1. The number of carbonyl (C=O) groups is 2. The van der Waals surface area contributed by atoms with Crippen molar-refractivity contribution in [2.75, 3.05) is 19.7 Å². The molecule has 0 N–H and O–H groups in total. The summed E-state index contributed by atoms with van der Waals surface area (Å²) < 4.78 is 33.9. The number of esters is 1.